The zero-order valence-corrected chi connectivity index (χ0v) is 14.5. The SMILES string of the molecule is CC(C)C1CC(Nc2cc(Br)ccc2I)CCO1. The van der Waals surface area contributed by atoms with Crippen molar-refractivity contribution in [2.45, 2.75) is 38.8 Å². The summed E-state index contributed by atoms with van der Waals surface area (Å²) in [5.41, 5.74) is 1.22. The average molecular weight is 424 g/mol. The Labute approximate surface area is 131 Å². The van der Waals surface area contributed by atoms with E-state index in [0.717, 1.165) is 23.9 Å². The Kier molecular flexibility index (Phi) is 5.33. The highest BCUT2D eigenvalue weighted by Gasteiger charge is 2.25. The molecule has 1 aliphatic rings. The van der Waals surface area contributed by atoms with Gasteiger partial charge in [0.15, 0.2) is 0 Å². The predicted octanol–water partition coefficient (Wildman–Crippen LogP) is 4.67. The Morgan fingerprint density at radius 3 is 2.94 bits per heavy atom. The molecule has 1 aliphatic heterocycles. The molecule has 100 valence electrons. The number of hydrogen-bond donors (Lipinski definition) is 1. The lowest BCUT2D eigenvalue weighted by Gasteiger charge is -2.33. The summed E-state index contributed by atoms with van der Waals surface area (Å²) >= 11 is 5.91. The topological polar surface area (TPSA) is 21.3 Å². The van der Waals surface area contributed by atoms with Gasteiger partial charge in [-0.25, -0.2) is 0 Å². The Bertz CT molecular complexity index is 411. The number of nitrogens with one attached hydrogen (secondary N) is 1. The maximum absolute atomic E-state index is 5.81. The van der Waals surface area contributed by atoms with Gasteiger partial charge in [-0.2, -0.15) is 0 Å². The molecule has 0 amide bonds. The van der Waals surface area contributed by atoms with E-state index in [-0.39, 0.29) is 0 Å². The molecule has 2 atom stereocenters. The van der Waals surface area contributed by atoms with Gasteiger partial charge in [0.2, 0.25) is 0 Å². The van der Waals surface area contributed by atoms with E-state index < -0.39 is 0 Å². The third kappa shape index (κ3) is 3.84. The van der Waals surface area contributed by atoms with E-state index in [0.29, 0.717) is 18.1 Å². The van der Waals surface area contributed by atoms with Crippen LogP contribution in [-0.4, -0.2) is 18.8 Å². The molecule has 2 unspecified atom stereocenters. The van der Waals surface area contributed by atoms with Gasteiger partial charge in [-0.15, -0.1) is 0 Å². The fourth-order valence-electron chi connectivity index (χ4n) is 2.25. The van der Waals surface area contributed by atoms with Crippen molar-refractivity contribution in [2.24, 2.45) is 5.92 Å². The molecular formula is C14H19BrINO. The van der Waals surface area contributed by atoms with Crippen LogP contribution in [-0.2, 0) is 4.74 Å². The molecule has 1 saturated heterocycles. The van der Waals surface area contributed by atoms with E-state index in [9.17, 15) is 0 Å². The minimum atomic E-state index is 0.390. The lowest BCUT2D eigenvalue weighted by molar-refractivity contribution is -0.0160. The van der Waals surface area contributed by atoms with Gasteiger partial charge in [0, 0.05) is 26.4 Å². The van der Waals surface area contributed by atoms with E-state index in [1.165, 1.54) is 9.26 Å². The molecule has 18 heavy (non-hydrogen) atoms. The van der Waals surface area contributed by atoms with Crippen molar-refractivity contribution >= 4 is 44.2 Å². The van der Waals surface area contributed by atoms with Gasteiger partial charge < -0.3 is 10.1 Å². The van der Waals surface area contributed by atoms with Gasteiger partial charge in [-0.1, -0.05) is 29.8 Å². The number of ether oxygens (including phenoxy) is 1. The molecule has 1 aromatic rings. The van der Waals surface area contributed by atoms with E-state index in [1.54, 1.807) is 0 Å². The first kappa shape index (κ1) is 14.6. The molecule has 2 nitrogen and oxygen atoms in total. The molecule has 1 aromatic carbocycles. The van der Waals surface area contributed by atoms with Crippen molar-refractivity contribution in [1.29, 1.82) is 0 Å². The highest BCUT2D eigenvalue weighted by Crippen LogP contribution is 2.27. The lowest BCUT2D eigenvalue weighted by Crippen LogP contribution is -2.36. The van der Waals surface area contributed by atoms with E-state index >= 15 is 0 Å². The molecule has 4 heteroatoms. The average Bonchev–Trinajstić information content (AvgIpc) is 2.34. The maximum atomic E-state index is 5.81. The van der Waals surface area contributed by atoms with Crippen LogP contribution in [0.3, 0.4) is 0 Å². The number of rotatable bonds is 3. The van der Waals surface area contributed by atoms with Gasteiger partial charge in [0.05, 0.1) is 6.10 Å². The van der Waals surface area contributed by atoms with Crippen LogP contribution in [0.5, 0.6) is 0 Å². The first-order chi connectivity index (χ1) is 8.56. The standard InChI is InChI=1S/C14H19BrINO/c1-9(2)14-8-11(5-6-18-14)17-13-7-10(15)3-4-12(13)16/h3-4,7,9,11,14,17H,5-6,8H2,1-2H3. The van der Waals surface area contributed by atoms with Crippen molar-refractivity contribution in [3.63, 3.8) is 0 Å². The molecule has 0 radical (unpaired) electrons. The lowest BCUT2D eigenvalue weighted by atomic mass is 9.95. The van der Waals surface area contributed by atoms with Crippen LogP contribution in [0, 0.1) is 9.49 Å². The largest absolute Gasteiger partial charge is 0.381 e. The number of halogens is 2. The summed E-state index contributed by atoms with van der Waals surface area (Å²) in [6.45, 7) is 5.33. The van der Waals surface area contributed by atoms with Crippen molar-refractivity contribution in [1.82, 2.24) is 0 Å². The van der Waals surface area contributed by atoms with Crippen LogP contribution in [0.15, 0.2) is 22.7 Å². The maximum Gasteiger partial charge on any atom is 0.0617 e. The third-order valence-electron chi connectivity index (χ3n) is 3.35. The van der Waals surface area contributed by atoms with E-state index in [2.05, 4.69) is 75.9 Å². The van der Waals surface area contributed by atoms with Crippen LogP contribution in [0.4, 0.5) is 5.69 Å². The summed E-state index contributed by atoms with van der Waals surface area (Å²) in [6, 6.07) is 6.88. The summed E-state index contributed by atoms with van der Waals surface area (Å²) < 4.78 is 8.20. The smallest absolute Gasteiger partial charge is 0.0617 e. The van der Waals surface area contributed by atoms with Gasteiger partial charge in [-0.3, -0.25) is 0 Å². The summed E-state index contributed by atoms with van der Waals surface area (Å²) in [7, 11) is 0. The van der Waals surface area contributed by atoms with Gasteiger partial charge in [0.1, 0.15) is 0 Å². The highest BCUT2D eigenvalue weighted by molar-refractivity contribution is 14.1. The quantitative estimate of drug-likeness (QED) is 0.713. The van der Waals surface area contributed by atoms with Crippen LogP contribution in [0.2, 0.25) is 0 Å². The molecule has 1 N–H and O–H groups in total. The molecule has 0 aliphatic carbocycles. The Hall–Kier alpha value is 0.190. The van der Waals surface area contributed by atoms with E-state index in [4.69, 9.17) is 4.74 Å². The van der Waals surface area contributed by atoms with Crippen molar-refractivity contribution < 1.29 is 4.74 Å². The molecule has 0 aromatic heterocycles. The summed E-state index contributed by atoms with van der Waals surface area (Å²) in [5.74, 6) is 0.594. The van der Waals surface area contributed by atoms with Crippen LogP contribution < -0.4 is 5.32 Å². The van der Waals surface area contributed by atoms with Crippen molar-refractivity contribution in [3.05, 3.63) is 26.2 Å². The first-order valence-corrected chi connectivity index (χ1v) is 8.26. The monoisotopic (exact) mass is 423 g/mol. The summed E-state index contributed by atoms with van der Waals surface area (Å²) in [5, 5.41) is 3.66. The first-order valence-electron chi connectivity index (χ1n) is 6.39. The number of anilines is 1. The van der Waals surface area contributed by atoms with Gasteiger partial charge in [0.25, 0.3) is 0 Å². The zero-order valence-electron chi connectivity index (χ0n) is 10.7. The second-order valence-electron chi connectivity index (χ2n) is 5.14. The summed E-state index contributed by atoms with van der Waals surface area (Å²) in [6.07, 6.45) is 2.58. The predicted molar refractivity (Wildman–Crippen MR) is 88.1 cm³/mol. The van der Waals surface area contributed by atoms with E-state index in [1.807, 2.05) is 0 Å². The number of benzene rings is 1. The Morgan fingerprint density at radius 1 is 1.44 bits per heavy atom. The number of hydrogen-bond acceptors (Lipinski definition) is 2. The minimum Gasteiger partial charge on any atom is -0.381 e. The second kappa shape index (κ2) is 6.57. The fourth-order valence-corrected chi connectivity index (χ4v) is 3.10. The molecule has 0 bridgehead atoms. The van der Waals surface area contributed by atoms with Gasteiger partial charge >= 0.3 is 0 Å². The molecule has 0 saturated carbocycles. The fraction of sp³-hybridized carbons (Fsp3) is 0.571. The van der Waals surface area contributed by atoms with Crippen LogP contribution in [0.25, 0.3) is 0 Å². The molecule has 1 fully saturated rings. The normalized spacial score (nSPS) is 24.3. The third-order valence-corrected chi connectivity index (χ3v) is 4.78. The highest BCUT2D eigenvalue weighted by atomic mass is 127. The minimum absolute atomic E-state index is 0.390. The Morgan fingerprint density at radius 2 is 2.22 bits per heavy atom. The van der Waals surface area contributed by atoms with Crippen molar-refractivity contribution in [3.8, 4) is 0 Å². The Balaban J connectivity index is 2.02. The van der Waals surface area contributed by atoms with Crippen LogP contribution in [0.1, 0.15) is 26.7 Å². The molecule has 2 rings (SSSR count). The summed E-state index contributed by atoms with van der Waals surface area (Å²) in [4.78, 5) is 0. The second-order valence-corrected chi connectivity index (χ2v) is 7.22. The van der Waals surface area contributed by atoms with Crippen LogP contribution >= 0.6 is 38.5 Å². The molecule has 1 heterocycles. The molecular weight excluding hydrogens is 405 g/mol. The van der Waals surface area contributed by atoms with Crippen molar-refractivity contribution in [2.75, 3.05) is 11.9 Å². The molecule has 0 spiro atoms. The zero-order chi connectivity index (χ0) is 13.1. The van der Waals surface area contributed by atoms with Gasteiger partial charge in [-0.05, 0) is 59.5 Å².